The second-order valence-electron chi connectivity index (χ2n) is 8.04. The summed E-state index contributed by atoms with van der Waals surface area (Å²) in [7, 11) is 0. The highest BCUT2D eigenvalue weighted by Gasteiger charge is 2.34. The maximum Gasteiger partial charge on any atom is 0.259 e. The number of hydrogen-bond acceptors (Lipinski definition) is 5. The Morgan fingerprint density at radius 2 is 1.65 bits per heavy atom. The zero-order chi connectivity index (χ0) is 23.2. The number of halogens is 1. The van der Waals surface area contributed by atoms with E-state index in [2.05, 4.69) is 26.1 Å². The van der Waals surface area contributed by atoms with E-state index in [0.717, 1.165) is 5.56 Å². The zero-order valence-electron chi connectivity index (χ0n) is 17.7. The van der Waals surface area contributed by atoms with Gasteiger partial charge in [-0.15, -0.1) is 11.6 Å². The van der Waals surface area contributed by atoms with Crippen LogP contribution in [-0.4, -0.2) is 46.7 Å². The molecule has 3 N–H and O–H groups in total. The van der Waals surface area contributed by atoms with E-state index in [0.29, 0.717) is 16.9 Å². The summed E-state index contributed by atoms with van der Waals surface area (Å²) in [6, 6.07) is 15.1. The van der Waals surface area contributed by atoms with Crippen molar-refractivity contribution in [2.24, 2.45) is 0 Å². The number of anilines is 2. The summed E-state index contributed by atoms with van der Waals surface area (Å²) >= 11 is 5.83. The van der Waals surface area contributed by atoms with Crippen molar-refractivity contribution in [1.29, 1.82) is 5.26 Å². The summed E-state index contributed by atoms with van der Waals surface area (Å²) in [4.78, 5) is 26.4. The van der Waals surface area contributed by atoms with Crippen LogP contribution in [-0.2, 0) is 15.0 Å². The van der Waals surface area contributed by atoms with Crippen LogP contribution in [0.25, 0.3) is 0 Å². The Morgan fingerprint density at radius 1 is 1.06 bits per heavy atom. The van der Waals surface area contributed by atoms with Crippen molar-refractivity contribution >= 4 is 34.8 Å². The van der Waals surface area contributed by atoms with Gasteiger partial charge >= 0.3 is 0 Å². The molecule has 0 heterocycles. The molecule has 0 unspecified atom stereocenters. The van der Waals surface area contributed by atoms with E-state index in [4.69, 9.17) is 16.9 Å². The number of carbonyl (C=O) groups excluding carboxylic acids is 2. The maximum absolute atomic E-state index is 12.8. The summed E-state index contributed by atoms with van der Waals surface area (Å²) in [6.07, 6.45) is -3.97. The third-order valence-corrected chi connectivity index (χ3v) is 4.89. The molecule has 0 aliphatic carbocycles. The molecule has 0 aromatic heterocycles. The molecule has 0 saturated carbocycles. The number of nitrogens with one attached hydrogen (secondary N) is 1. The Bertz CT molecular complexity index is 947. The Balaban J connectivity index is 2.14. The highest BCUT2D eigenvalue weighted by Crippen LogP contribution is 2.25. The van der Waals surface area contributed by atoms with Gasteiger partial charge in [-0.3, -0.25) is 9.59 Å². The molecule has 2 aromatic carbocycles. The van der Waals surface area contributed by atoms with Crippen LogP contribution in [0.3, 0.4) is 0 Å². The molecule has 0 spiro atoms. The lowest BCUT2D eigenvalue weighted by Gasteiger charge is -2.27. The Kier molecular flexibility index (Phi) is 8.17. The molecule has 2 rings (SSSR count). The highest BCUT2D eigenvalue weighted by molar-refractivity contribution is 6.18. The number of nitrogens with zero attached hydrogens (tertiary/aromatic N) is 2. The van der Waals surface area contributed by atoms with E-state index in [1.165, 1.54) is 29.2 Å². The van der Waals surface area contributed by atoms with Gasteiger partial charge in [-0.25, -0.2) is 0 Å². The molecule has 8 heteroatoms. The molecule has 2 amide bonds. The average molecular weight is 444 g/mol. The largest absolute Gasteiger partial charge is 0.380 e. The van der Waals surface area contributed by atoms with Crippen molar-refractivity contribution in [2.45, 2.75) is 38.4 Å². The Morgan fingerprint density at radius 3 is 2.13 bits per heavy atom. The van der Waals surface area contributed by atoms with Gasteiger partial charge in [-0.2, -0.15) is 5.26 Å². The van der Waals surface area contributed by atoms with Crippen molar-refractivity contribution in [3.8, 4) is 6.07 Å². The molecule has 2 aromatic rings. The fraction of sp³-hybridized carbons (Fsp3) is 0.348. The summed E-state index contributed by atoms with van der Waals surface area (Å²) in [5.41, 5.74) is 2.22. The third kappa shape index (κ3) is 6.28. The number of hydrogen-bond donors (Lipinski definition) is 3. The van der Waals surface area contributed by atoms with Crippen LogP contribution in [0, 0.1) is 11.3 Å². The zero-order valence-corrected chi connectivity index (χ0v) is 18.4. The lowest BCUT2D eigenvalue weighted by atomic mass is 9.87. The molecule has 164 valence electrons. The SMILES string of the molecule is CC(C)(C)c1ccc(N(CCCl)C(=O)[C@H](O)[C@@H](O)C(=O)Nc2ccc(C#N)cc2)cc1. The number of nitriles is 1. The molecule has 31 heavy (non-hydrogen) atoms. The Labute approximate surface area is 186 Å². The lowest BCUT2D eigenvalue weighted by Crippen LogP contribution is -2.50. The number of aliphatic hydroxyl groups is 2. The fourth-order valence-corrected chi connectivity index (χ4v) is 3.04. The van der Waals surface area contributed by atoms with Crippen molar-refractivity contribution < 1.29 is 19.8 Å². The van der Waals surface area contributed by atoms with Crippen LogP contribution in [0.4, 0.5) is 11.4 Å². The van der Waals surface area contributed by atoms with Gasteiger partial charge in [-0.05, 0) is 47.4 Å². The summed E-state index contributed by atoms with van der Waals surface area (Å²) < 4.78 is 0. The fourth-order valence-electron chi connectivity index (χ4n) is 2.87. The predicted octanol–water partition coefficient (Wildman–Crippen LogP) is 2.79. The molecular formula is C23H26ClN3O4. The number of rotatable bonds is 7. The first kappa shape index (κ1) is 24.4. The molecule has 0 radical (unpaired) electrons. The lowest BCUT2D eigenvalue weighted by molar-refractivity contribution is -0.141. The first-order chi connectivity index (χ1) is 14.6. The average Bonchev–Trinajstić information content (AvgIpc) is 2.76. The minimum Gasteiger partial charge on any atom is -0.380 e. The van der Waals surface area contributed by atoms with Crippen LogP contribution in [0.5, 0.6) is 0 Å². The molecule has 2 atom stereocenters. The van der Waals surface area contributed by atoms with E-state index in [-0.39, 0.29) is 17.8 Å². The van der Waals surface area contributed by atoms with Crippen molar-refractivity contribution in [3.63, 3.8) is 0 Å². The summed E-state index contributed by atoms with van der Waals surface area (Å²) in [6.45, 7) is 6.29. The molecule has 0 fully saturated rings. The number of carbonyl (C=O) groups is 2. The Hall–Kier alpha value is -2.92. The molecule has 0 bridgehead atoms. The van der Waals surface area contributed by atoms with Crippen LogP contribution in [0.1, 0.15) is 31.9 Å². The third-order valence-electron chi connectivity index (χ3n) is 4.72. The molecule has 7 nitrogen and oxygen atoms in total. The van der Waals surface area contributed by atoms with Crippen LogP contribution < -0.4 is 10.2 Å². The van der Waals surface area contributed by atoms with Gasteiger partial charge in [0.1, 0.15) is 0 Å². The number of amides is 2. The molecule has 0 aliphatic heterocycles. The monoisotopic (exact) mass is 443 g/mol. The first-order valence-corrected chi connectivity index (χ1v) is 10.3. The minimum absolute atomic E-state index is 0.0703. The van der Waals surface area contributed by atoms with Gasteiger partial charge in [0.15, 0.2) is 12.2 Å². The van der Waals surface area contributed by atoms with E-state index >= 15 is 0 Å². The maximum atomic E-state index is 12.8. The van der Waals surface area contributed by atoms with Crippen LogP contribution >= 0.6 is 11.6 Å². The first-order valence-electron chi connectivity index (χ1n) is 9.73. The van der Waals surface area contributed by atoms with Crippen LogP contribution in [0.15, 0.2) is 48.5 Å². The van der Waals surface area contributed by atoms with Crippen LogP contribution in [0.2, 0.25) is 0 Å². The van der Waals surface area contributed by atoms with E-state index in [9.17, 15) is 19.8 Å². The standard InChI is InChI=1S/C23H26ClN3O4/c1-23(2,3)16-6-10-18(11-7-16)27(13-12-24)22(31)20(29)19(28)21(30)26-17-8-4-15(14-25)5-9-17/h4-11,19-20,28-29H,12-13H2,1-3H3,(H,26,30)/t19-,20-/m1/s1. The number of aliphatic hydroxyl groups excluding tert-OH is 2. The predicted molar refractivity (Wildman–Crippen MR) is 120 cm³/mol. The normalized spacial score (nSPS) is 13.1. The summed E-state index contributed by atoms with van der Waals surface area (Å²) in [5, 5.41) is 31.8. The summed E-state index contributed by atoms with van der Waals surface area (Å²) in [5.74, 6) is -1.68. The van der Waals surface area contributed by atoms with Gasteiger partial charge in [0.2, 0.25) is 0 Å². The van der Waals surface area contributed by atoms with E-state index < -0.39 is 24.0 Å². The van der Waals surface area contributed by atoms with Crippen molar-refractivity contribution in [3.05, 3.63) is 59.7 Å². The number of alkyl halides is 1. The van der Waals surface area contributed by atoms with Gasteiger partial charge in [0, 0.05) is 23.8 Å². The van der Waals surface area contributed by atoms with E-state index in [1.807, 2.05) is 18.2 Å². The van der Waals surface area contributed by atoms with E-state index in [1.54, 1.807) is 12.1 Å². The van der Waals surface area contributed by atoms with Crippen molar-refractivity contribution in [1.82, 2.24) is 0 Å². The van der Waals surface area contributed by atoms with Crippen molar-refractivity contribution in [2.75, 3.05) is 22.6 Å². The highest BCUT2D eigenvalue weighted by atomic mass is 35.5. The molecular weight excluding hydrogens is 418 g/mol. The second kappa shape index (κ2) is 10.4. The van der Waals surface area contributed by atoms with Gasteiger partial charge in [-0.1, -0.05) is 32.9 Å². The van der Waals surface area contributed by atoms with Gasteiger partial charge in [0.05, 0.1) is 11.6 Å². The smallest absolute Gasteiger partial charge is 0.259 e. The van der Waals surface area contributed by atoms with Gasteiger partial charge < -0.3 is 20.4 Å². The van der Waals surface area contributed by atoms with Gasteiger partial charge in [0.25, 0.3) is 11.8 Å². The molecule has 0 saturated heterocycles. The topological polar surface area (TPSA) is 114 Å². The molecule has 0 aliphatic rings. The minimum atomic E-state index is -1.99. The second-order valence-corrected chi connectivity index (χ2v) is 8.42. The number of benzene rings is 2. The quantitative estimate of drug-likeness (QED) is 0.569.